The third kappa shape index (κ3) is 8.41. The second kappa shape index (κ2) is 11.9. The Bertz CT molecular complexity index is 726. The van der Waals surface area contributed by atoms with Crippen LogP contribution in [0, 0.1) is 0 Å². The number of hydrogen-bond acceptors (Lipinski definition) is 5. The first kappa shape index (κ1) is 24.9. The van der Waals surface area contributed by atoms with Crippen molar-refractivity contribution in [3.05, 3.63) is 29.0 Å². The van der Waals surface area contributed by atoms with E-state index < -0.39 is 22.2 Å². The predicted octanol–water partition coefficient (Wildman–Crippen LogP) is 4.51. The Kier molecular flexibility index (Phi) is 9.87. The molecular formula is C21H32ClN3O4S. The third-order valence-corrected chi connectivity index (χ3v) is 6.70. The molecule has 1 N–H and O–H groups in total. The summed E-state index contributed by atoms with van der Waals surface area (Å²) in [5, 5.41) is 9.50. The minimum absolute atomic E-state index is 0.0182. The van der Waals surface area contributed by atoms with Gasteiger partial charge in [-0.05, 0) is 70.9 Å². The largest absolute Gasteiger partial charge is 0.591 e. The molecule has 1 saturated heterocycles. The fourth-order valence-corrected chi connectivity index (χ4v) is 3.98. The lowest BCUT2D eigenvalue weighted by Crippen LogP contribution is -2.28. The van der Waals surface area contributed by atoms with Crippen LogP contribution in [0.4, 0.5) is 4.79 Å². The lowest BCUT2D eigenvalue weighted by Gasteiger charge is -2.19. The lowest BCUT2D eigenvalue weighted by molar-refractivity contribution is 0.0565. The van der Waals surface area contributed by atoms with Crippen molar-refractivity contribution in [1.29, 1.82) is 0 Å². The molecule has 0 spiro atoms. The SMILES string of the molecule is CC(C)(C)[S@@+]([O-])N=C(CCCCOC1CCN(C(=O)O)C1)CCc1cccnc1Cl. The van der Waals surface area contributed by atoms with E-state index in [0.29, 0.717) is 37.7 Å². The molecule has 1 aromatic rings. The van der Waals surface area contributed by atoms with E-state index in [2.05, 4.69) is 9.38 Å². The van der Waals surface area contributed by atoms with E-state index in [9.17, 15) is 9.35 Å². The predicted molar refractivity (Wildman–Crippen MR) is 121 cm³/mol. The lowest BCUT2D eigenvalue weighted by atomic mass is 10.0. The van der Waals surface area contributed by atoms with Gasteiger partial charge >= 0.3 is 6.09 Å². The van der Waals surface area contributed by atoms with Crippen LogP contribution in [0.3, 0.4) is 0 Å². The molecule has 0 aliphatic carbocycles. The van der Waals surface area contributed by atoms with E-state index in [1.54, 1.807) is 6.20 Å². The first-order chi connectivity index (χ1) is 14.2. The summed E-state index contributed by atoms with van der Waals surface area (Å²) in [6.07, 6.45) is 5.35. The summed E-state index contributed by atoms with van der Waals surface area (Å²) in [7, 11) is 0. The third-order valence-electron chi connectivity index (χ3n) is 4.88. The molecule has 1 aliphatic heterocycles. The normalized spacial score (nSPS) is 18.6. The fraction of sp³-hybridized carbons (Fsp3) is 0.667. The van der Waals surface area contributed by atoms with Crippen molar-refractivity contribution >= 4 is 34.8 Å². The minimum Gasteiger partial charge on any atom is -0.591 e. The highest BCUT2D eigenvalue weighted by molar-refractivity contribution is 7.91. The summed E-state index contributed by atoms with van der Waals surface area (Å²) in [4.78, 5) is 16.5. The average molecular weight is 458 g/mol. The number of pyridine rings is 1. The summed E-state index contributed by atoms with van der Waals surface area (Å²) < 4.78 is 22.4. The number of unbranched alkanes of at least 4 members (excludes halogenated alkanes) is 1. The van der Waals surface area contributed by atoms with E-state index in [4.69, 9.17) is 21.4 Å². The monoisotopic (exact) mass is 457 g/mol. The van der Waals surface area contributed by atoms with Gasteiger partial charge in [0.25, 0.3) is 0 Å². The summed E-state index contributed by atoms with van der Waals surface area (Å²) in [5.74, 6) is 0. The van der Waals surface area contributed by atoms with Gasteiger partial charge in [-0.2, -0.15) is 0 Å². The Morgan fingerprint density at radius 2 is 2.20 bits per heavy atom. The van der Waals surface area contributed by atoms with Crippen LogP contribution in [-0.4, -0.2) is 61.9 Å². The molecule has 7 nitrogen and oxygen atoms in total. The molecule has 2 heterocycles. The topological polar surface area (TPSA) is 98.1 Å². The molecule has 0 saturated carbocycles. The van der Waals surface area contributed by atoms with E-state index >= 15 is 0 Å². The van der Waals surface area contributed by atoms with Crippen LogP contribution < -0.4 is 0 Å². The highest BCUT2D eigenvalue weighted by Gasteiger charge is 2.27. The number of carbonyl (C=O) groups is 1. The smallest absolute Gasteiger partial charge is 0.407 e. The number of nitrogens with zero attached hydrogens (tertiary/aromatic N) is 3. The van der Waals surface area contributed by atoms with Crippen LogP contribution in [0.15, 0.2) is 22.7 Å². The van der Waals surface area contributed by atoms with Gasteiger partial charge < -0.3 is 19.3 Å². The number of ether oxygens (including phenoxy) is 1. The molecule has 0 bridgehead atoms. The van der Waals surface area contributed by atoms with Gasteiger partial charge in [0.2, 0.25) is 0 Å². The van der Waals surface area contributed by atoms with Crippen molar-refractivity contribution in [1.82, 2.24) is 9.88 Å². The van der Waals surface area contributed by atoms with Gasteiger partial charge in [-0.15, -0.1) is 0 Å². The van der Waals surface area contributed by atoms with Gasteiger partial charge in [0, 0.05) is 19.3 Å². The van der Waals surface area contributed by atoms with Gasteiger partial charge in [0.1, 0.15) is 21.3 Å². The fourth-order valence-electron chi connectivity index (χ4n) is 3.07. The number of aryl methyl sites for hydroxylation is 1. The standard InChI is InChI=1S/C21H32ClN3O4S/c1-21(2,3)30(28)24-17(10-9-16-7-6-12-23-19(16)22)8-4-5-14-29-18-11-13-25(15-18)20(26)27/h6-7,12,18H,4-5,8-11,13-15H2,1-3H3,(H,26,27)/t18?,30-/m1/s1. The van der Waals surface area contributed by atoms with Crippen LogP contribution in [0.5, 0.6) is 0 Å². The van der Waals surface area contributed by atoms with Crippen molar-refractivity contribution < 1.29 is 19.2 Å². The summed E-state index contributed by atoms with van der Waals surface area (Å²) in [5.41, 5.74) is 1.88. The number of rotatable bonds is 10. The zero-order valence-corrected chi connectivity index (χ0v) is 19.5. The van der Waals surface area contributed by atoms with E-state index in [1.807, 2.05) is 32.9 Å². The van der Waals surface area contributed by atoms with Crippen LogP contribution >= 0.6 is 11.6 Å². The average Bonchev–Trinajstić information content (AvgIpc) is 3.15. The van der Waals surface area contributed by atoms with Crippen molar-refractivity contribution in [2.24, 2.45) is 4.40 Å². The molecule has 1 aromatic heterocycles. The number of hydrogen-bond donors (Lipinski definition) is 1. The molecule has 9 heteroatoms. The van der Waals surface area contributed by atoms with Crippen LogP contribution in [0.2, 0.25) is 5.15 Å². The quantitative estimate of drug-likeness (QED) is 0.241. The number of aromatic nitrogens is 1. The Balaban J connectivity index is 1.81. The molecule has 2 rings (SSSR count). The van der Waals surface area contributed by atoms with Crippen LogP contribution in [0.1, 0.15) is 58.4 Å². The number of likely N-dealkylation sites (tertiary alicyclic amines) is 1. The van der Waals surface area contributed by atoms with E-state index in [1.165, 1.54) is 4.90 Å². The van der Waals surface area contributed by atoms with Gasteiger partial charge in [0.05, 0.1) is 18.4 Å². The highest BCUT2D eigenvalue weighted by atomic mass is 35.5. The summed E-state index contributed by atoms with van der Waals surface area (Å²) in [6.45, 7) is 7.31. The molecular weight excluding hydrogens is 426 g/mol. The second-order valence-electron chi connectivity index (χ2n) is 8.44. The summed E-state index contributed by atoms with van der Waals surface area (Å²) in [6, 6.07) is 3.81. The first-order valence-electron chi connectivity index (χ1n) is 10.3. The zero-order valence-electron chi connectivity index (χ0n) is 18.0. The molecule has 1 aliphatic rings. The molecule has 0 aromatic carbocycles. The maximum absolute atomic E-state index is 12.5. The van der Waals surface area contributed by atoms with Crippen molar-refractivity contribution in [2.45, 2.75) is 70.1 Å². The number of amides is 1. The number of carboxylic acid groups (broad SMARTS) is 1. The van der Waals surface area contributed by atoms with E-state index in [-0.39, 0.29) is 6.10 Å². The molecule has 1 fully saturated rings. The van der Waals surface area contributed by atoms with Crippen molar-refractivity contribution in [3.63, 3.8) is 0 Å². The van der Waals surface area contributed by atoms with Gasteiger partial charge in [-0.1, -0.05) is 22.1 Å². The Morgan fingerprint density at radius 1 is 1.43 bits per heavy atom. The Labute approximate surface area is 187 Å². The van der Waals surface area contributed by atoms with Crippen molar-refractivity contribution in [2.75, 3.05) is 19.7 Å². The maximum Gasteiger partial charge on any atom is 0.407 e. The summed E-state index contributed by atoms with van der Waals surface area (Å²) >= 11 is 4.85. The molecule has 30 heavy (non-hydrogen) atoms. The second-order valence-corrected chi connectivity index (χ2v) is 10.7. The molecule has 2 atom stereocenters. The molecule has 0 radical (unpaired) electrons. The van der Waals surface area contributed by atoms with Crippen LogP contribution in [0.25, 0.3) is 0 Å². The highest BCUT2D eigenvalue weighted by Crippen LogP contribution is 2.21. The maximum atomic E-state index is 12.5. The van der Waals surface area contributed by atoms with Gasteiger partial charge in [0.15, 0.2) is 0 Å². The molecule has 1 unspecified atom stereocenters. The van der Waals surface area contributed by atoms with Gasteiger partial charge in [-0.3, -0.25) is 0 Å². The number of halogens is 1. The zero-order chi connectivity index (χ0) is 22.1. The first-order valence-corrected chi connectivity index (χ1v) is 11.8. The van der Waals surface area contributed by atoms with Crippen molar-refractivity contribution in [3.8, 4) is 0 Å². The van der Waals surface area contributed by atoms with E-state index in [0.717, 1.165) is 37.0 Å². The Hall–Kier alpha value is -1.35. The minimum atomic E-state index is -1.30. The molecule has 168 valence electrons. The van der Waals surface area contributed by atoms with Gasteiger partial charge in [-0.25, -0.2) is 9.78 Å². The molecule has 1 amide bonds. The van der Waals surface area contributed by atoms with Crippen LogP contribution in [-0.2, 0) is 22.5 Å². The Morgan fingerprint density at radius 3 is 2.83 bits per heavy atom.